The number of nitrogens with zero attached hydrogens (tertiary/aromatic N) is 4. The van der Waals surface area contributed by atoms with Gasteiger partial charge in [0.05, 0.1) is 11.3 Å². The van der Waals surface area contributed by atoms with Gasteiger partial charge in [0.2, 0.25) is 11.7 Å². The van der Waals surface area contributed by atoms with E-state index in [1.807, 2.05) is 47.9 Å². The van der Waals surface area contributed by atoms with E-state index in [9.17, 15) is 9.59 Å². The number of fused-ring (bicyclic) bond motifs is 3. The number of para-hydroxylation sites is 1. The van der Waals surface area contributed by atoms with E-state index in [0.717, 1.165) is 35.2 Å². The van der Waals surface area contributed by atoms with Crippen molar-refractivity contribution in [1.29, 1.82) is 0 Å². The second kappa shape index (κ2) is 8.61. The van der Waals surface area contributed by atoms with Crippen molar-refractivity contribution in [2.45, 2.75) is 45.3 Å². The van der Waals surface area contributed by atoms with E-state index in [0.29, 0.717) is 22.2 Å². The predicted octanol–water partition coefficient (Wildman–Crippen LogP) is 4.25. The van der Waals surface area contributed by atoms with Crippen molar-refractivity contribution in [2.75, 3.05) is 11.1 Å². The van der Waals surface area contributed by atoms with Crippen molar-refractivity contribution >= 4 is 50.7 Å². The van der Waals surface area contributed by atoms with Gasteiger partial charge in [0.1, 0.15) is 4.70 Å². The number of carbonyl (C=O) groups is 1. The molecular weight excluding hydrogens is 418 g/mol. The lowest BCUT2D eigenvalue weighted by Gasteiger charge is -2.11. The van der Waals surface area contributed by atoms with E-state index in [-0.39, 0.29) is 17.2 Å². The molecule has 0 spiro atoms. The van der Waals surface area contributed by atoms with Crippen LogP contribution in [0, 0.1) is 13.8 Å². The molecule has 0 aliphatic rings. The zero-order valence-corrected chi connectivity index (χ0v) is 18.8. The molecule has 1 amide bonds. The second-order valence-corrected chi connectivity index (χ2v) is 9.03. The number of aromatic nitrogens is 4. The summed E-state index contributed by atoms with van der Waals surface area (Å²) in [5.41, 5.74) is 3.67. The number of carbonyl (C=O) groups excluding carboxylic acids is 1. The Morgan fingerprint density at radius 2 is 1.97 bits per heavy atom. The number of benzene rings is 1. The van der Waals surface area contributed by atoms with Crippen LogP contribution in [0.1, 0.15) is 30.9 Å². The molecule has 30 heavy (non-hydrogen) atoms. The molecule has 0 radical (unpaired) electrons. The van der Waals surface area contributed by atoms with Gasteiger partial charge >= 0.3 is 0 Å². The lowest BCUT2D eigenvalue weighted by molar-refractivity contribution is -0.113. The van der Waals surface area contributed by atoms with Gasteiger partial charge < -0.3 is 5.32 Å². The lowest BCUT2D eigenvalue weighted by Crippen LogP contribution is -2.22. The highest BCUT2D eigenvalue weighted by atomic mass is 32.2. The minimum atomic E-state index is -0.102. The van der Waals surface area contributed by atoms with Gasteiger partial charge in [-0.2, -0.15) is 0 Å². The highest BCUT2D eigenvalue weighted by molar-refractivity contribution is 7.99. The lowest BCUT2D eigenvalue weighted by atomic mass is 10.1. The molecule has 3 aromatic heterocycles. The predicted molar refractivity (Wildman–Crippen MR) is 123 cm³/mol. The van der Waals surface area contributed by atoms with E-state index in [1.54, 1.807) is 4.57 Å². The van der Waals surface area contributed by atoms with Crippen LogP contribution in [0.15, 0.2) is 39.6 Å². The van der Waals surface area contributed by atoms with Gasteiger partial charge in [-0.25, -0.2) is 0 Å². The number of unbranched alkanes of at least 4 members (excludes halogenated alkanes) is 1. The van der Waals surface area contributed by atoms with Crippen molar-refractivity contribution in [3.63, 3.8) is 0 Å². The van der Waals surface area contributed by atoms with Crippen molar-refractivity contribution in [3.8, 4) is 0 Å². The zero-order chi connectivity index (χ0) is 21.3. The van der Waals surface area contributed by atoms with Crippen LogP contribution in [0.3, 0.4) is 0 Å². The largest absolute Gasteiger partial charge is 0.325 e. The summed E-state index contributed by atoms with van der Waals surface area (Å²) in [4.78, 5) is 25.5. The number of anilines is 1. The van der Waals surface area contributed by atoms with E-state index in [4.69, 9.17) is 0 Å². The number of nitrogens with one attached hydrogen (secondary N) is 1. The summed E-state index contributed by atoms with van der Waals surface area (Å²) >= 11 is 2.74. The summed E-state index contributed by atoms with van der Waals surface area (Å²) < 4.78 is 4.26. The number of thiophene rings is 1. The van der Waals surface area contributed by atoms with Crippen LogP contribution >= 0.6 is 23.1 Å². The zero-order valence-electron chi connectivity index (χ0n) is 17.1. The molecule has 0 aliphatic heterocycles. The second-order valence-electron chi connectivity index (χ2n) is 7.17. The third-order valence-electron chi connectivity index (χ3n) is 5.00. The Kier molecular flexibility index (Phi) is 5.92. The van der Waals surface area contributed by atoms with Gasteiger partial charge in [0, 0.05) is 12.2 Å². The fraction of sp³-hybridized carbons (Fsp3) is 0.333. The smallest absolute Gasteiger partial charge is 0.272 e. The Bertz CT molecular complexity index is 1270. The SMILES string of the molecule is CCCCn1c(=O)c2sccc2n2c(SCC(=O)Nc3c(C)cccc3C)nnc12. The summed E-state index contributed by atoms with van der Waals surface area (Å²) in [5, 5.41) is 14.1. The number of rotatable bonds is 7. The van der Waals surface area contributed by atoms with E-state index < -0.39 is 0 Å². The van der Waals surface area contributed by atoms with Crippen LogP contribution in [0.5, 0.6) is 0 Å². The van der Waals surface area contributed by atoms with Crippen molar-refractivity contribution in [1.82, 2.24) is 19.2 Å². The Morgan fingerprint density at radius 3 is 2.70 bits per heavy atom. The summed E-state index contributed by atoms with van der Waals surface area (Å²) in [6.07, 6.45) is 1.87. The Balaban J connectivity index is 1.63. The van der Waals surface area contributed by atoms with E-state index in [2.05, 4.69) is 22.4 Å². The normalized spacial score (nSPS) is 11.4. The third kappa shape index (κ3) is 3.75. The average molecular weight is 442 g/mol. The molecule has 9 heteroatoms. The Morgan fingerprint density at radius 1 is 1.20 bits per heavy atom. The maximum Gasteiger partial charge on any atom is 0.272 e. The maximum absolute atomic E-state index is 12.9. The summed E-state index contributed by atoms with van der Waals surface area (Å²) in [6, 6.07) is 7.83. The first-order chi connectivity index (χ1) is 14.5. The van der Waals surface area contributed by atoms with Crippen LogP contribution in [0.25, 0.3) is 16.0 Å². The molecule has 1 aromatic carbocycles. The number of thioether (sulfide) groups is 1. The number of aryl methyl sites for hydroxylation is 3. The first kappa shape index (κ1) is 20.6. The third-order valence-corrected chi connectivity index (χ3v) is 6.82. The average Bonchev–Trinajstić information content (AvgIpc) is 3.36. The van der Waals surface area contributed by atoms with Gasteiger partial charge in [-0.05, 0) is 42.8 Å². The Labute approximate surface area is 182 Å². The van der Waals surface area contributed by atoms with Gasteiger partial charge in [-0.3, -0.25) is 18.6 Å². The highest BCUT2D eigenvalue weighted by Crippen LogP contribution is 2.25. The molecule has 3 heterocycles. The molecular formula is C21H23N5O2S2. The first-order valence-corrected chi connectivity index (χ1v) is 11.7. The molecule has 7 nitrogen and oxygen atoms in total. The molecule has 0 unspecified atom stereocenters. The molecule has 156 valence electrons. The van der Waals surface area contributed by atoms with Crippen LogP contribution < -0.4 is 10.9 Å². The van der Waals surface area contributed by atoms with Crippen LogP contribution in [0.2, 0.25) is 0 Å². The maximum atomic E-state index is 12.9. The number of hydrogen-bond donors (Lipinski definition) is 1. The standard InChI is InChI=1S/C21H23N5O2S2/c1-4-5-10-25-19(28)18-15(9-11-29-18)26-20(25)23-24-21(26)30-12-16(27)22-17-13(2)7-6-8-14(17)3/h6-9,11H,4-5,10,12H2,1-3H3,(H,22,27). The molecule has 0 saturated carbocycles. The Hall–Kier alpha value is -2.65. The summed E-state index contributed by atoms with van der Waals surface area (Å²) in [6.45, 7) is 6.64. The van der Waals surface area contributed by atoms with Gasteiger partial charge in [-0.15, -0.1) is 21.5 Å². The molecule has 4 rings (SSSR count). The van der Waals surface area contributed by atoms with Crippen molar-refractivity contribution in [3.05, 3.63) is 51.1 Å². The molecule has 1 N–H and O–H groups in total. The van der Waals surface area contributed by atoms with Crippen molar-refractivity contribution in [2.24, 2.45) is 0 Å². The van der Waals surface area contributed by atoms with Gasteiger partial charge in [-0.1, -0.05) is 43.3 Å². The minimum Gasteiger partial charge on any atom is -0.325 e. The monoisotopic (exact) mass is 441 g/mol. The number of amides is 1. The van der Waals surface area contributed by atoms with Gasteiger partial charge in [0.15, 0.2) is 5.16 Å². The van der Waals surface area contributed by atoms with Crippen LogP contribution in [0.4, 0.5) is 5.69 Å². The molecule has 0 bridgehead atoms. The van der Waals surface area contributed by atoms with Crippen LogP contribution in [-0.2, 0) is 11.3 Å². The van der Waals surface area contributed by atoms with Crippen LogP contribution in [-0.4, -0.2) is 30.8 Å². The number of hydrogen-bond acceptors (Lipinski definition) is 6. The first-order valence-electron chi connectivity index (χ1n) is 9.85. The molecule has 0 atom stereocenters. The molecule has 0 fully saturated rings. The van der Waals surface area contributed by atoms with Gasteiger partial charge in [0.25, 0.3) is 5.56 Å². The fourth-order valence-electron chi connectivity index (χ4n) is 3.43. The molecule has 0 saturated heterocycles. The fourth-order valence-corrected chi connectivity index (χ4v) is 4.99. The topological polar surface area (TPSA) is 81.3 Å². The minimum absolute atomic E-state index is 0.0299. The van der Waals surface area contributed by atoms with E-state index in [1.165, 1.54) is 23.1 Å². The van der Waals surface area contributed by atoms with Crippen molar-refractivity contribution < 1.29 is 4.79 Å². The summed E-state index contributed by atoms with van der Waals surface area (Å²) in [5.74, 6) is 0.626. The molecule has 0 aliphatic carbocycles. The van der Waals surface area contributed by atoms with E-state index >= 15 is 0 Å². The quantitative estimate of drug-likeness (QED) is 0.434. The highest BCUT2D eigenvalue weighted by Gasteiger charge is 2.18. The molecule has 4 aromatic rings. The summed E-state index contributed by atoms with van der Waals surface area (Å²) in [7, 11) is 0.